The summed E-state index contributed by atoms with van der Waals surface area (Å²) in [5.41, 5.74) is 0. The van der Waals surface area contributed by atoms with E-state index in [1.807, 2.05) is 4.90 Å². The standard InChI is InChI=1S/C9H14N4/c1-2-12-6-9(5-11)7-13(8-12)4-3-10/h9H,2,4,6-8H2,1H3. The molecular weight excluding hydrogens is 164 g/mol. The lowest BCUT2D eigenvalue weighted by atomic mass is 10.1. The zero-order valence-corrected chi connectivity index (χ0v) is 7.90. The van der Waals surface area contributed by atoms with Gasteiger partial charge in [0.15, 0.2) is 0 Å². The van der Waals surface area contributed by atoms with Crippen LogP contribution in [0.3, 0.4) is 0 Å². The van der Waals surface area contributed by atoms with Gasteiger partial charge in [-0.2, -0.15) is 10.5 Å². The molecule has 0 aromatic carbocycles. The second-order valence-electron chi connectivity index (χ2n) is 3.31. The first kappa shape index (κ1) is 9.98. The zero-order chi connectivity index (χ0) is 9.68. The minimum Gasteiger partial charge on any atom is -0.289 e. The number of nitrogens with zero attached hydrogens (tertiary/aromatic N) is 4. The molecule has 0 N–H and O–H groups in total. The van der Waals surface area contributed by atoms with Crippen LogP contribution in [0.2, 0.25) is 0 Å². The highest BCUT2D eigenvalue weighted by molar-refractivity contribution is 4.92. The molecule has 0 bridgehead atoms. The van der Waals surface area contributed by atoms with Crippen LogP contribution in [0.15, 0.2) is 0 Å². The lowest BCUT2D eigenvalue weighted by Gasteiger charge is -2.35. The fourth-order valence-corrected chi connectivity index (χ4v) is 1.60. The molecule has 4 heteroatoms. The van der Waals surface area contributed by atoms with Crippen LogP contribution < -0.4 is 0 Å². The van der Waals surface area contributed by atoms with Gasteiger partial charge in [0.25, 0.3) is 0 Å². The van der Waals surface area contributed by atoms with E-state index in [2.05, 4.69) is 24.0 Å². The van der Waals surface area contributed by atoms with Crippen molar-refractivity contribution in [1.82, 2.24) is 9.80 Å². The summed E-state index contributed by atoms with van der Waals surface area (Å²) >= 11 is 0. The number of hydrogen-bond donors (Lipinski definition) is 0. The van der Waals surface area contributed by atoms with E-state index in [1.165, 1.54) is 0 Å². The van der Waals surface area contributed by atoms with Crippen molar-refractivity contribution in [2.45, 2.75) is 6.92 Å². The monoisotopic (exact) mass is 178 g/mol. The van der Waals surface area contributed by atoms with E-state index in [9.17, 15) is 0 Å². The molecule has 1 aliphatic rings. The minimum atomic E-state index is 0.0575. The Bertz CT molecular complexity index is 237. The summed E-state index contributed by atoms with van der Waals surface area (Å²) in [7, 11) is 0. The fourth-order valence-electron chi connectivity index (χ4n) is 1.60. The maximum absolute atomic E-state index is 8.80. The fraction of sp³-hybridized carbons (Fsp3) is 0.778. The van der Waals surface area contributed by atoms with E-state index >= 15 is 0 Å². The Labute approximate surface area is 79.0 Å². The van der Waals surface area contributed by atoms with Crippen LogP contribution in [-0.2, 0) is 0 Å². The van der Waals surface area contributed by atoms with Gasteiger partial charge in [-0.15, -0.1) is 0 Å². The van der Waals surface area contributed by atoms with Gasteiger partial charge in [-0.3, -0.25) is 9.80 Å². The van der Waals surface area contributed by atoms with Crippen LogP contribution in [0.5, 0.6) is 0 Å². The number of nitriles is 2. The van der Waals surface area contributed by atoms with Gasteiger partial charge in [-0.05, 0) is 6.54 Å². The molecule has 13 heavy (non-hydrogen) atoms. The highest BCUT2D eigenvalue weighted by Crippen LogP contribution is 2.10. The molecule has 1 rings (SSSR count). The first-order chi connectivity index (χ1) is 6.30. The van der Waals surface area contributed by atoms with Crippen LogP contribution in [0, 0.1) is 28.6 Å². The third kappa shape index (κ3) is 2.69. The molecule has 70 valence electrons. The normalized spacial score (nSPS) is 25.0. The Morgan fingerprint density at radius 3 is 2.54 bits per heavy atom. The smallest absolute Gasteiger partial charge is 0.0876 e. The average molecular weight is 178 g/mol. The lowest BCUT2D eigenvalue weighted by molar-refractivity contribution is 0.0791. The molecule has 0 radical (unpaired) electrons. The summed E-state index contributed by atoms with van der Waals surface area (Å²) in [5.74, 6) is 0.0575. The average Bonchev–Trinajstić information content (AvgIpc) is 2.17. The first-order valence-corrected chi connectivity index (χ1v) is 4.51. The molecule has 0 amide bonds. The van der Waals surface area contributed by atoms with Gasteiger partial charge in [-0.25, -0.2) is 0 Å². The molecule has 1 unspecified atom stereocenters. The molecule has 0 aromatic heterocycles. The molecule has 1 heterocycles. The van der Waals surface area contributed by atoms with Gasteiger partial charge in [0.1, 0.15) is 0 Å². The summed E-state index contributed by atoms with van der Waals surface area (Å²) in [6.07, 6.45) is 0. The Morgan fingerprint density at radius 1 is 1.31 bits per heavy atom. The van der Waals surface area contributed by atoms with Crippen LogP contribution in [0.1, 0.15) is 6.92 Å². The van der Waals surface area contributed by atoms with E-state index in [1.54, 1.807) is 0 Å². The molecular formula is C9H14N4. The summed E-state index contributed by atoms with van der Waals surface area (Å²) in [5, 5.41) is 17.3. The van der Waals surface area contributed by atoms with Gasteiger partial charge in [-0.1, -0.05) is 6.92 Å². The van der Waals surface area contributed by atoms with Gasteiger partial charge in [0, 0.05) is 13.1 Å². The predicted molar refractivity (Wildman–Crippen MR) is 48.4 cm³/mol. The zero-order valence-electron chi connectivity index (χ0n) is 7.90. The molecule has 1 saturated heterocycles. The Balaban J connectivity index is 2.51. The number of rotatable bonds is 2. The lowest BCUT2D eigenvalue weighted by Crippen LogP contribution is -2.49. The largest absolute Gasteiger partial charge is 0.289 e. The summed E-state index contributed by atoms with van der Waals surface area (Å²) < 4.78 is 0. The second kappa shape index (κ2) is 4.81. The summed E-state index contributed by atoms with van der Waals surface area (Å²) in [4.78, 5) is 4.20. The van der Waals surface area contributed by atoms with Crippen molar-refractivity contribution < 1.29 is 0 Å². The molecule has 0 aliphatic carbocycles. The van der Waals surface area contributed by atoms with Gasteiger partial charge in [0.05, 0.1) is 31.3 Å². The molecule has 1 aliphatic heterocycles. The maximum Gasteiger partial charge on any atom is 0.0876 e. The van der Waals surface area contributed by atoms with Crippen molar-refractivity contribution in [3.63, 3.8) is 0 Å². The SMILES string of the molecule is CCN1CC(C#N)CN(CC#N)C1. The minimum absolute atomic E-state index is 0.0575. The van der Waals surface area contributed by atoms with Crippen LogP contribution >= 0.6 is 0 Å². The third-order valence-electron chi connectivity index (χ3n) is 2.28. The van der Waals surface area contributed by atoms with Crippen molar-refractivity contribution in [3.05, 3.63) is 0 Å². The Hall–Kier alpha value is -1.10. The highest BCUT2D eigenvalue weighted by atomic mass is 15.3. The van der Waals surface area contributed by atoms with E-state index in [-0.39, 0.29) is 5.92 Å². The highest BCUT2D eigenvalue weighted by Gasteiger charge is 2.23. The molecule has 1 atom stereocenters. The van der Waals surface area contributed by atoms with E-state index in [4.69, 9.17) is 10.5 Å². The van der Waals surface area contributed by atoms with E-state index < -0.39 is 0 Å². The topological polar surface area (TPSA) is 54.1 Å². The van der Waals surface area contributed by atoms with E-state index in [0.29, 0.717) is 6.54 Å². The molecule has 4 nitrogen and oxygen atoms in total. The van der Waals surface area contributed by atoms with Gasteiger partial charge < -0.3 is 0 Å². The summed E-state index contributed by atoms with van der Waals surface area (Å²) in [6, 6.07) is 4.38. The second-order valence-corrected chi connectivity index (χ2v) is 3.31. The Kier molecular flexibility index (Phi) is 3.70. The van der Waals surface area contributed by atoms with Crippen LogP contribution in [-0.4, -0.2) is 42.6 Å². The maximum atomic E-state index is 8.80. The van der Waals surface area contributed by atoms with Crippen molar-refractivity contribution >= 4 is 0 Å². The third-order valence-corrected chi connectivity index (χ3v) is 2.28. The van der Waals surface area contributed by atoms with Gasteiger partial charge >= 0.3 is 0 Å². The van der Waals surface area contributed by atoms with Crippen LogP contribution in [0.4, 0.5) is 0 Å². The quantitative estimate of drug-likeness (QED) is 0.568. The van der Waals surface area contributed by atoms with Crippen LogP contribution in [0.25, 0.3) is 0 Å². The van der Waals surface area contributed by atoms with Crippen molar-refractivity contribution in [2.24, 2.45) is 5.92 Å². The van der Waals surface area contributed by atoms with Gasteiger partial charge in [0.2, 0.25) is 0 Å². The summed E-state index contributed by atoms with van der Waals surface area (Å²) in [6.45, 7) is 5.84. The molecule has 0 spiro atoms. The van der Waals surface area contributed by atoms with Crippen molar-refractivity contribution in [2.75, 3.05) is 32.8 Å². The molecule has 1 fully saturated rings. The molecule has 0 aromatic rings. The van der Waals surface area contributed by atoms with Crippen molar-refractivity contribution in [1.29, 1.82) is 10.5 Å². The predicted octanol–water partition coefficient (Wildman–Crippen LogP) is 0.245. The Morgan fingerprint density at radius 2 is 2.00 bits per heavy atom. The number of hydrogen-bond acceptors (Lipinski definition) is 4. The van der Waals surface area contributed by atoms with Crippen molar-refractivity contribution in [3.8, 4) is 12.1 Å². The van der Waals surface area contributed by atoms with E-state index in [0.717, 1.165) is 26.3 Å². The molecule has 0 saturated carbocycles. The first-order valence-electron chi connectivity index (χ1n) is 4.51.